The maximum atomic E-state index is 12.5. The number of non-ortho nitro benzene ring substituents is 1. The van der Waals surface area contributed by atoms with Gasteiger partial charge < -0.3 is 9.80 Å². The number of rotatable bonds is 2. The molecule has 118 valence electrons. The van der Waals surface area contributed by atoms with E-state index in [-0.39, 0.29) is 28.5 Å². The molecule has 1 amide bonds. The van der Waals surface area contributed by atoms with Crippen molar-refractivity contribution in [2.24, 2.45) is 5.92 Å². The van der Waals surface area contributed by atoms with E-state index in [0.29, 0.717) is 6.42 Å². The first-order chi connectivity index (χ1) is 10.5. The molecule has 0 aliphatic carbocycles. The van der Waals surface area contributed by atoms with Crippen molar-refractivity contribution in [3.05, 3.63) is 33.9 Å². The summed E-state index contributed by atoms with van der Waals surface area (Å²) in [6.45, 7) is 0.923. The highest BCUT2D eigenvalue weighted by molar-refractivity contribution is 5.82. The van der Waals surface area contributed by atoms with Crippen molar-refractivity contribution in [1.82, 2.24) is 4.90 Å². The van der Waals surface area contributed by atoms with Gasteiger partial charge in [-0.3, -0.25) is 14.9 Å². The number of anilines is 1. The number of nitro groups is 1. The quantitative estimate of drug-likeness (QED) is 0.620. The smallest absolute Gasteiger partial charge is 0.269 e. The largest absolute Gasteiger partial charge is 0.368 e. The van der Waals surface area contributed by atoms with Crippen molar-refractivity contribution in [1.29, 1.82) is 0 Å². The van der Waals surface area contributed by atoms with Gasteiger partial charge in [0, 0.05) is 44.5 Å². The first-order valence-corrected chi connectivity index (χ1v) is 7.74. The van der Waals surface area contributed by atoms with Gasteiger partial charge in [-0.2, -0.15) is 0 Å². The van der Waals surface area contributed by atoms with Crippen LogP contribution >= 0.6 is 0 Å². The highest BCUT2D eigenvalue weighted by Gasteiger charge is 2.40. The number of fused-ring (bicyclic) bond motifs is 3. The summed E-state index contributed by atoms with van der Waals surface area (Å²) in [5.41, 5.74) is 2.09. The maximum absolute atomic E-state index is 12.5. The number of piperidine rings is 1. The Labute approximate surface area is 129 Å². The Balaban J connectivity index is 2.02. The van der Waals surface area contributed by atoms with Gasteiger partial charge in [0.2, 0.25) is 5.91 Å². The lowest BCUT2D eigenvalue weighted by Crippen LogP contribution is -2.52. The topological polar surface area (TPSA) is 66.7 Å². The minimum absolute atomic E-state index is 0.102. The Morgan fingerprint density at radius 2 is 2.14 bits per heavy atom. The fraction of sp³-hybridized carbons (Fsp3) is 0.562. The molecule has 2 atom stereocenters. The van der Waals surface area contributed by atoms with Crippen molar-refractivity contribution >= 4 is 17.3 Å². The Kier molecular flexibility index (Phi) is 3.76. The zero-order valence-corrected chi connectivity index (χ0v) is 13.0. The minimum atomic E-state index is -0.370. The van der Waals surface area contributed by atoms with Gasteiger partial charge >= 0.3 is 0 Å². The molecule has 2 aliphatic heterocycles. The first kappa shape index (κ1) is 14.8. The predicted molar refractivity (Wildman–Crippen MR) is 84.0 cm³/mol. The van der Waals surface area contributed by atoms with Crippen LogP contribution in [0.15, 0.2) is 18.2 Å². The number of nitrogens with zero attached hydrogens (tertiary/aromatic N) is 3. The standard InChI is InChI=1S/C16H21N3O3/c1-17(2)16(20)13-10-11-9-12(19(21)22)6-7-14(11)18-8-4-3-5-15(13)18/h6-7,9,13,15H,3-5,8,10H2,1-2H3. The molecule has 0 saturated carbocycles. The summed E-state index contributed by atoms with van der Waals surface area (Å²) in [7, 11) is 3.55. The summed E-state index contributed by atoms with van der Waals surface area (Å²) in [6.07, 6.45) is 3.85. The molecule has 2 unspecified atom stereocenters. The Morgan fingerprint density at radius 3 is 2.82 bits per heavy atom. The average Bonchev–Trinajstić information content (AvgIpc) is 2.52. The molecular weight excluding hydrogens is 282 g/mol. The van der Waals surface area contributed by atoms with Gasteiger partial charge in [-0.15, -0.1) is 0 Å². The van der Waals surface area contributed by atoms with Crippen LogP contribution in [-0.2, 0) is 11.2 Å². The van der Waals surface area contributed by atoms with E-state index in [1.807, 2.05) is 6.07 Å². The zero-order chi connectivity index (χ0) is 15.9. The van der Waals surface area contributed by atoms with Crippen LogP contribution < -0.4 is 4.90 Å². The second-order valence-corrected chi connectivity index (χ2v) is 6.37. The lowest BCUT2D eigenvalue weighted by molar-refractivity contribution is -0.384. The third-order valence-corrected chi connectivity index (χ3v) is 4.79. The number of amides is 1. The van der Waals surface area contributed by atoms with E-state index in [0.717, 1.165) is 37.1 Å². The monoisotopic (exact) mass is 303 g/mol. The third-order valence-electron chi connectivity index (χ3n) is 4.79. The molecule has 3 rings (SSSR count). The first-order valence-electron chi connectivity index (χ1n) is 7.74. The summed E-state index contributed by atoms with van der Waals surface area (Å²) in [5.74, 6) is 0.0128. The molecule has 6 heteroatoms. The summed E-state index contributed by atoms with van der Waals surface area (Å²) < 4.78 is 0. The number of hydrogen-bond donors (Lipinski definition) is 0. The van der Waals surface area contributed by atoms with E-state index in [1.54, 1.807) is 31.1 Å². The number of benzene rings is 1. The molecule has 1 aromatic rings. The molecule has 1 saturated heterocycles. The highest BCUT2D eigenvalue weighted by atomic mass is 16.6. The third kappa shape index (κ3) is 2.42. The molecular formula is C16H21N3O3. The van der Waals surface area contributed by atoms with Crippen molar-refractivity contribution in [3.63, 3.8) is 0 Å². The van der Waals surface area contributed by atoms with Crippen LogP contribution in [-0.4, -0.2) is 42.4 Å². The molecule has 0 bridgehead atoms. The van der Waals surface area contributed by atoms with E-state index in [2.05, 4.69) is 4.90 Å². The number of hydrogen-bond acceptors (Lipinski definition) is 4. The van der Waals surface area contributed by atoms with Crippen molar-refractivity contribution < 1.29 is 9.72 Å². The number of carbonyl (C=O) groups excluding carboxylic acids is 1. The normalized spacial score (nSPS) is 23.5. The highest BCUT2D eigenvalue weighted by Crippen LogP contribution is 2.40. The van der Waals surface area contributed by atoms with Gasteiger partial charge in [-0.25, -0.2) is 0 Å². The van der Waals surface area contributed by atoms with Gasteiger partial charge in [-0.1, -0.05) is 0 Å². The molecule has 2 aliphatic rings. The van der Waals surface area contributed by atoms with E-state index in [4.69, 9.17) is 0 Å². The predicted octanol–water partition coefficient (Wildman–Crippen LogP) is 2.21. The van der Waals surface area contributed by atoms with Crippen molar-refractivity contribution in [2.75, 3.05) is 25.5 Å². The maximum Gasteiger partial charge on any atom is 0.269 e. The van der Waals surface area contributed by atoms with E-state index < -0.39 is 0 Å². The fourth-order valence-corrected chi connectivity index (χ4v) is 3.76. The van der Waals surface area contributed by atoms with Crippen LogP contribution in [0.25, 0.3) is 0 Å². The second kappa shape index (κ2) is 5.59. The summed E-state index contributed by atoms with van der Waals surface area (Å²) in [6, 6.07) is 5.27. The zero-order valence-electron chi connectivity index (χ0n) is 13.0. The van der Waals surface area contributed by atoms with Crippen molar-refractivity contribution in [2.45, 2.75) is 31.7 Å². The van der Waals surface area contributed by atoms with Crippen LogP contribution in [0.5, 0.6) is 0 Å². The van der Waals surface area contributed by atoms with Crippen molar-refractivity contribution in [3.8, 4) is 0 Å². The van der Waals surface area contributed by atoms with Gasteiger partial charge in [0.05, 0.1) is 10.8 Å². The Hall–Kier alpha value is -2.11. The summed E-state index contributed by atoms with van der Waals surface area (Å²) in [5, 5.41) is 11.0. The molecule has 0 spiro atoms. The van der Waals surface area contributed by atoms with Gasteiger partial charge in [0.25, 0.3) is 5.69 Å². The van der Waals surface area contributed by atoms with Crippen LogP contribution in [0.3, 0.4) is 0 Å². The molecule has 1 aromatic carbocycles. The molecule has 6 nitrogen and oxygen atoms in total. The fourth-order valence-electron chi connectivity index (χ4n) is 3.76. The van der Waals surface area contributed by atoms with Crippen LogP contribution in [0.1, 0.15) is 24.8 Å². The van der Waals surface area contributed by atoms with Gasteiger partial charge in [-0.05, 0) is 37.3 Å². The van der Waals surface area contributed by atoms with Crippen LogP contribution in [0.4, 0.5) is 11.4 Å². The van der Waals surface area contributed by atoms with Gasteiger partial charge in [0.15, 0.2) is 0 Å². The minimum Gasteiger partial charge on any atom is -0.368 e. The Morgan fingerprint density at radius 1 is 1.36 bits per heavy atom. The molecule has 0 N–H and O–H groups in total. The van der Waals surface area contributed by atoms with Crippen LogP contribution in [0, 0.1) is 16.0 Å². The lowest BCUT2D eigenvalue weighted by Gasteiger charge is -2.46. The van der Waals surface area contributed by atoms with E-state index in [1.165, 1.54) is 0 Å². The Bertz CT molecular complexity index is 615. The molecule has 0 aromatic heterocycles. The average molecular weight is 303 g/mol. The second-order valence-electron chi connectivity index (χ2n) is 6.37. The van der Waals surface area contributed by atoms with Gasteiger partial charge in [0.1, 0.15) is 0 Å². The molecule has 0 radical (unpaired) electrons. The SMILES string of the molecule is CN(C)C(=O)C1Cc2cc([N+](=O)[O-])ccc2N2CCCCC12. The molecule has 1 fully saturated rings. The van der Waals surface area contributed by atoms with E-state index >= 15 is 0 Å². The van der Waals surface area contributed by atoms with Crippen LogP contribution in [0.2, 0.25) is 0 Å². The number of carbonyl (C=O) groups is 1. The lowest BCUT2D eigenvalue weighted by atomic mass is 9.80. The van der Waals surface area contributed by atoms with E-state index in [9.17, 15) is 14.9 Å². The molecule has 22 heavy (non-hydrogen) atoms. The summed E-state index contributed by atoms with van der Waals surface area (Å²) >= 11 is 0. The summed E-state index contributed by atoms with van der Waals surface area (Å²) in [4.78, 5) is 27.1. The molecule has 2 heterocycles. The number of nitro benzene ring substituents is 1.